The number of nitrogens with one attached hydrogen (secondary N) is 1. The Bertz CT molecular complexity index is 774. The zero-order valence-electron chi connectivity index (χ0n) is 10.7. The van der Waals surface area contributed by atoms with Gasteiger partial charge >= 0.3 is 5.97 Å². The number of Topliss-reactive ketones (excluding diaryl/α,β-unsaturated/α-hetero) is 1. The second-order valence-electron chi connectivity index (χ2n) is 4.01. The van der Waals surface area contributed by atoms with E-state index in [2.05, 4.69) is 47.2 Å². The Kier molecular flexibility index (Phi) is 4.37. The average molecular weight is 435 g/mol. The molecule has 0 fully saturated rings. The van der Waals surface area contributed by atoms with Gasteiger partial charge in [-0.3, -0.25) is 19.7 Å². The monoisotopic (exact) mass is 433 g/mol. The third-order valence-electron chi connectivity index (χ3n) is 2.55. The SMILES string of the molecule is CC(=O)ON=C1C(=O)C(=O)Nc2cc(Br)c([N+](=O)[O-])c(Br)c21. The number of halogens is 2. The highest BCUT2D eigenvalue weighted by Crippen LogP contribution is 2.41. The molecule has 114 valence electrons. The average Bonchev–Trinajstić information content (AvgIpc) is 2.39. The second kappa shape index (κ2) is 5.93. The number of fused-ring (bicyclic) bond motifs is 1. The molecular weight excluding hydrogens is 430 g/mol. The molecule has 1 amide bonds. The van der Waals surface area contributed by atoms with E-state index in [1.54, 1.807) is 0 Å². The van der Waals surface area contributed by atoms with Gasteiger partial charge in [0.25, 0.3) is 17.4 Å². The van der Waals surface area contributed by atoms with Crippen molar-refractivity contribution in [1.29, 1.82) is 0 Å². The summed E-state index contributed by atoms with van der Waals surface area (Å²) < 4.78 is 0.00531. The minimum atomic E-state index is -1.08. The molecule has 2 rings (SSSR count). The van der Waals surface area contributed by atoms with Gasteiger partial charge in [-0.15, -0.1) is 0 Å². The molecule has 0 atom stereocenters. The van der Waals surface area contributed by atoms with Crippen LogP contribution in [0.15, 0.2) is 20.2 Å². The van der Waals surface area contributed by atoms with Crippen molar-refractivity contribution in [2.75, 3.05) is 5.32 Å². The number of rotatable bonds is 2. The number of hydrogen-bond acceptors (Lipinski definition) is 7. The van der Waals surface area contributed by atoms with Gasteiger partial charge in [0.1, 0.15) is 4.47 Å². The summed E-state index contributed by atoms with van der Waals surface area (Å²) in [6.07, 6.45) is 0. The van der Waals surface area contributed by atoms with Crippen molar-refractivity contribution < 1.29 is 24.1 Å². The number of carbonyl (C=O) groups excluding carboxylic acids is 3. The Morgan fingerprint density at radius 3 is 2.59 bits per heavy atom. The first-order valence-corrected chi connectivity index (χ1v) is 7.10. The van der Waals surface area contributed by atoms with E-state index >= 15 is 0 Å². The van der Waals surface area contributed by atoms with Gasteiger partial charge in [0.05, 0.1) is 20.6 Å². The fourth-order valence-corrected chi connectivity index (χ4v) is 3.30. The van der Waals surface area contributed by atoms with Crippen LogP contribution in [-0.4, -0.2) is 28.3 Å². The number of carbonyl (C=O) groups is 3. The van der Waals surface area contributed by atoms with E-state index in [1.165, 1.54) is 6.07 Å². The van der Waals surface area contributed by atoms with Crippen molar-refractivity contribution in [3.05, 3.63) is 30.7 Å². The number of nitro benzene ring substituents is 1. The molecule has 9 nitrogen and oxygen atoms in total. The summed E-state index contributed by atoms with van der Waals surface area (Å²) in [5, 5.41) is 16.7. The molecule has 1 N–H and O–H groups in total. The smallest absolute Gasteiger partial charge is 0.318 e. The van der Waals surface area contributed by atoms with Crippen LogP contribution in [0.3, 0.4) is 0 Å². The minimum Gasteiger partial charge on any atom is -0.318 e. The first kappa shape index (κ1) is 16.2. The number of hydrogen-bond donors (Lipinski definition) is 1. The summed E-state index contributed by atoms with van der Waals surface area (Å²) >= 11 is 6.03. The largest absolute Gasteiger partial charge is 0.332 e. The van der Waals surface area contributed by atoms with Crippen LogP contribution >= 0.6 is 31.9 Å². The first-order valence-electron chi connectivity index (χ1n) is 5.52. The van der Waals surface area contributed by atoms with Crippen molar-refractivity contribution in [3.63, 3.8) is 0 Å². The number of ketones is 1. The Balaban J connectivity index is 2.76. The van der Waals surface area contributed by atoms with Crippen LogP contribution in [-0.2, 0) is 19.2 Å². The zero-order valence-corrected chi connectivity index (χ0v) is 13.8. The predicted molar refractivity (Wildman–Crippen MR) is 80.4 cm³/mol. The molecule has 0 bridgehead atoms. The van der Waals surface area contributed by atoms with Crippen molar-refractivity contribution in [2.45, 2.75) is 6.92 Å². The van der Waals surface area contributed by atoms with Crippen LogP contribution in [0.1, 0.15) is 12.5 Å². The van der Waals surface area contributed by atoms with Gasteiger partial charge in [0.2, 0.25) is 0 Å². The molecule has 1 aliphatic heterocycles. The number of benzene rings is 1. The summed E-state index contributed by atoms with van der Waals surface area (Å²) in [5.74, 6) is -2.88. The molecule has 11 heteroatoms. The number of nitro groups is 1. The third kappa shape index (κ3) is 2.76. The number of nitrogens with zero attached hydrogens (tertiary/aromatic N) is 2. The van der Waals surface area contributed by atoms with Gasteiger partial charge in [0, 0.05) is 6.92 Å². The molecular formula is C11H5Br2N3O6. The van der Waals surface area contributed by atoms with Crippen LogP contribution in [0.5, 0.6) is 0 Å². The van der Waals surface area contributed by atoms with E-state index in [4.69, 9.17) is 0 Å². The Morgan fingerprint density at radius 2 is 2.05 bits per heavy atom. The standard InChI is InChI=1S/C11H5Br2N3O6/c1-3(17)22-15-8-6-5(14-11(19)10(8)18)2-4(12)9(7(6)13)16(20)21/h2H,1H3,(H,14,19). The molecule has 22 heavy (non-hydrogen) atoms. The van der Waals surface area contributed by atoms with Crippen LogP contribution in [0, 0.1) is 10.1 Å². The molecule has 0 unspecified atom stereocenters. The molecule has 0 aliphatic carbocycles. The molecule has 0 spiro atoms. The van der Waals surface area contributed by atoms with E-state index in [0.717, 1.165) is 6.92 Å². The van der Waals surface area contributed by atoms with Gasteiger partial charge in [-0.2, -0.15) is 0 Å². The van der Waals surface area contributed by atoms with Crippen LogP contribution in [0.25, 0.3) is 0 Å². The molecule has 0 saturated heterocycles. The number of oxime groups is 1. The lowest BCUT2D eigenvalue weighted by Gasteiger charge is -2.18. The van der Waals surface area contributed by atoms with Gasteiger partial charge in [0.15, 0.2) is 5.71 Å². The van der Waals surface area contributed by atoms with Crippen LogP contribution in [0.4, 0.5) is 11.4 Å². The van der Waals surface area contributed by atoms with Crippen LogP contribution in [0.2, 0.25) is 0 Å². The maximum atomic E-state index is 11.9. The summed E-state index contributed by atoms with van der Waals surface area (Å²) in [5.41, 5.74) is -0.796. The third-order valence-corrected chi connectivity index (χ3v) is 3.92. The quantitative estimate of drug-likeness (QED) is 0.327. The van der Waals surface area contributed by atoms with Gasteiger partial charge in [-0.05, 0) is 37.9 Å². The van der Waals surface area contributed by atoms with E-state index in [9.17, 15) is 24.5 Å². The minimum absolute atomic E-state index is 0.0410. The Morgan fingerprint density at radius 1 is 1.41 bits per heavy atom. The van der Waals surface area contributed by atoms with Gasteiger partial charge < -0.3 is 10.2 Å². The Hall–Kier alpha value is -2.14. The number of anilines is 1. The van der Waals surface area contributed by atoms with E-state index < -0.39 is 28.3 Å². The van der Waals surface area contributed by atoms with Gasteiger partial charge in [-0.25, -0.2) is 4.79 Å². The van der Waals surface area contributed by atoms with Crippen molar-refractivity contribution in [1.82, 2.24) is 0 Å². The normalized spacial score (nSPS) is 15.3. The molecule has 0 radical (unpaired) electrons. The first-order chi connectivity index (χ1) is 10.2. The van der Waals surface area contributed by atoms with E-state index in [0.29, 0.717) is 0 Å². The summed E-state index contributed by atoms with van der Waals surface area (Å²) in [6, 6.07) is 1.26. The molecule has 1 aliphatic rings. The van der Waals surface area contributed by atoms with Crippen molar-refractivity contribution >= 4 is 66.6 Å². The number of amides is 1. The lowest BCUT2D eigenvalue weighted by molar-refractivity contribution is -0.386. The lowest BCUT2D eigenvalue weighted by Crippen LogP contribution is -2.36. The Labute approximate surface area is 139 Å². The molecule has 1 aromatic carbocycles. The van der Waals surface area contributed by atoms with E-state index in [1.807, 2.05) is 0 Å². The highest BCUT2D eigenvalue weighted by atomic mass is 79.9. The summed E-state index contributed by atoms with van der Waals surface area (Å²) in [6.45, 7) is 1.05. The summed E-state index contributed by atoms with van der Waals surface area (Å²) in [4.78, 5) is 49.1. The fourth-order valence-electron chi connectivity index (χ4n) is 1.70. The maximum absolute atomic E-state index is 11.9. The fraction of sp³-hybridized carbons (Fsp3) is 0.0909. The summed E-state index contributed by atoms with van der Waals surface area (Å²) in [7, 11) is 0. The molecule has 0 saturated carbocycles. The molecule has 0 aromatic heterocycles. The highest BCUT2D eigenvalue weighted by Gasteiger charge is 2.37. The lowest BCUT2D eigenvalue weighted by atomic mass is 9.99. The van der Waals surface area contributed by atoms with E-state index in [-0.39, 0.29) is 25.9 Å². The highest BCUT2D eigenvalue weighted by molar-refractivity contribution is 9.11. The second-order valence-corrected chi connectivity index (χ2v) is 5.65. The zero-order chi connectivity index (χ0) is 16.6. The topological polar surface area (TPSA) is 128 Å². The molecule has 1 aromatic rings. The van der Waals surface area contributed by atoms with Crippen molar-refractivity contribution in [3.8, 4) is 0 Å². The molecule has 1 heterocycles. The van der Waals surface area contributed by atoms with Crippen LogP contribution < -0.4 is 5.32 Å². The predicted octanol–water partition coefficient (Wildman–Crippen LogP) is 1.91. The van der Waals surface area contributed by atoms with Crippen molar-refractivity contribution in [2.24, 2.45) is 5.16 Å². The van der Waals surface area contributed by atoms with Gasteiger partial charge in [-0.1, -0.05) is 5.16 Å². The maximum Gasteiger partial charge on any atom is 0.332 e.